The van der Waals surface area contributed by atoms with Crippen LogP contribution in [0, 0.1) is 56.2 Å². The topological polar surface area (TPSA) is 92.7 Å². The van der Waals surface area contributed by atoms with E-state index in [0.717, 1.165) is 64.5 Å². The lowest BCUT2D eigenvalue weighted by atomic mass is 9.33. The van der Waals surface area contributed by atoms with Crippen molar-refractivity contribution in [3.63, 3.8) is 0 Å². The third-order valence-electron chi connectivity index (χ3n) is 16.2. The summed E-state index contributed by atoms with van der Waals surface area (Å²) < 4.78 is 6.18. The molecular formula is C45H67NO5. The van der Waals surface area contributed by atoms with Crippen LogP contribution in [0.3, 0.4) is 0 Å². The van der Waals surface area contributed by atoms with Crippen molar-refractivity contribution in [1.82, 2.24) is 5.32 Å². The largest absolute Gasteiger partial charge is 0.481 e. The highest BCUT2D eigenvalue weighted by Gasteiger charge is 2.70. The molecular weight excluding hydrogens is 634 g/mol. The number of benzene rings is 1. The van der Waals surface area contributed by atoms with Crippen molar-refractivity contribution in [3.05, 3.63) is 47.0 Å². The Balaban J connectivity index is 1.22. The average molecular weight is 702 g/mol. The van der Waals surface area contributed by atoms with E-state index in [1.54, 1.807) is 19.4 Å². The van der Waals surface area contributed by atoms with Crippen molar-refractivity contribution < 1.29 is 24.2 Å². The number of aliphatic carboxylic acids is 1. The summed E-state index contributed by atoms with van der Waals surface area (Å²) in [7, 11) is 0. The molecule has 4 saturated carbocycles. The monoisotopic (exact) mass is 702 g/mol. The number of ether oxygens (including phenoxy) is 1. The van der Waals surface area contributed by atoms with Gasteiger partial charge in [-0.15, -0.1) is 0 Å². The van der Waals surface area contributed by atoms with Gasteiger partial charge < -0.3 is 15.2 Å². The number of carbonyl (C=O) groups is 3. The number of carboxylic acid groups (broad SMARTS) is 1. The minimum Gasteiger partial charge on any atom is -0.481 e. The number of rotatable bonds is 11. The molecule has 0 bridgehead atoms. The van der Waals surface area contributed by atoms with Crippen molar-refractivity contribution in [1.29, 1.82) is 0 Å². The fraction of sp³-hybridized carbons (Fsp3) is 0.756. The minimum atomic E-state index is -1.14. The number of Topliss-reactive ketones (excluding diaryl/α,β-unsaturated/α-hetero) is 1. The number of hydrogen-bond acceptors (Lipinski definition) is 5. The lowest BCUT2D eigenvalue weighted by molar-refractivity contribution is -0.233. The van der Waals surface area contributed by atoms with Gasteiger partial charge in [0.25, 0.3) is 0 Å². The summed E-state index contributed by atoms with van der Waals surface area (Å²) in [6.45, 7) is 22.0. The van der Waals surface area contributed by atoms with Gasteiger partial charge in [-0.1, -0.05) is 84.4 Å². The van der Waals surface area contributed by atoms with Gasteiger partial charge in [-0.2, -0.15) is 0 Å². The molecule has 282 valence electrons. The summed E-state index contributed by atoms with van der Waals surface area (Å²) in [6, 6.07) is 10.7. The highest BCUT2D eigenvalue weighted by Crippen LogP contribution is 2.77. The lowest BCUT2D eigenvalue weighted by Gasteiger charge is -2.72. The van der Waals surface area contributed by atoms with Gasteiger partial charge in [0.05, 0.1) is 11.8 Å². The maximum atomic E-state index is 14.0. The van der Waals surface area contributed by atoms with Crippen molar-refractivity contribution >= 4 is 17.7 Å². The molecule has 8 atom stereocenters. The lowest BCUT2D eigenvalue weighted by Crippen LogP contribution is -2.65. The summed E-state index contributed by atoms with van der Waals surface area (Å²) in [4.78, 5) is 38.8. The number of nitrogens with one attached hydrogen (secondary N) is 1. The Kier molecular flexibility index (Phi) is 10.1. The van der Waals surface area contributed by atoms with Crippen LogP contribution in [0.4, 0.5) is 0 Å². The summed E-state index contributed by atoms with van der Waals surface area (Å²) >= 11 is 0. The molecule has 6 rings (SSSR count). The maximum absolute atomic E-state index is 14.0. The zero-order chi connectivity index (χ0) is 37.2. The summed E-state index contributed by atoms with van der Waals surface area (Å²) in [5.74, 6) is 0.738. The molecule has 0 spiro atoms. The number of carboxylic acids is 1. The number of ketones is 1. The molecule has 0 saturated heterocycles. The van der Waals surface area contributed by atoms with Gasteiger partial charge in [0.1, 0.15) is 6.10 Å². The quantitative estimate of drug-likeness (QED) is 0.176. The SMILES string of the molecule is CC(C)C1=C2C3CCC4C5(C)CCC(OC(=O)CC(C)(C)C(=O)O)C(C)(C)C5CCC4(C)C3(C)CCC2(CCNCCc2ccccc2)CC1=O. The predicted molar refractivity (Wildman–Crippen MR) is 203 cm³/mol. The third-order valence-corrected chi connectivity index (χ3v) is 16.2. The van der Waals surface area contributed by atoms with Crippen LogP contribution in [0.2, 0.25) is 0 Å². The normalized spacial score (nSPS) is 37.3. The average Bonchev–Trinajstić information content (AvgIpc) is 3.35. The highest BCUT2D eigenvalue weighted by atomic mass is 16.5. The molecule has 1 aromatic carbocycles. The van der Waals surface area contributed by atoms with E-state index >= 15 is 0 Å². The molecule has 6 nitrogen and oxygen atoms in total. The number of fused-ring (bicyclic) bond motifs is 7. The standard InChI is InChI=1S/C45H67NO5/c1-29(2)37-32(47)27-45(24-26-46-25-19-30-13-11-10-12-14-30)23-22-43(8)31(38(37)45)15-16-34-42(7)20-18-35(51-36(48)28-40(3,4)39(49)50)41(5,6)33(42)17-21-44(34,43)9/h10-14,29,31,33-35,46H,15-28H2,1-9H3,(H,49,50). The predicted octanol–water partition coefficient (Wildman–Crippen LogP) is 9.60. The Hall–Kier alpha value is -2.47. The summed E-state index contributed by atoms with van der Waals surface area (Å²) in [5, 5.41) is 13.4. The van der Waals surface area contributed by atoms with E-state index in [4.69, 9.17) is 4.74 Å². The van der Waals surface area contributed by atoms with E-state index in [1.165, 1.54) is 24.0 Å². The Bertz CT molecular complexity index is 1540. The van der Waals surface area contributed by atoms with E-state index in [0.29, 0.717) is 30.0 Å². The van der Waals surface area contributed by atoms with Crippen LogP contribution in [0.1, 0.15) is 139 Å². The van der Waals surface area contributed by atoms with Crippen molar-refractivity contribution in [2.45, 2.75) is 145 Å². The molecule has 2 N–H and O–H groups in total. The Morgan fingerprint density at radius 1 is 0.902 bits per heavy atom. The Morgan fingerprint density at radius 3 is 2.27 bits per heavy atom. The molecule has 4 fully saturated rings. The molecule has 8 unspecified atom stereocenters. The highest BCUT2D eigenvalue weighted by molar-refractivity contribution is 6.00. The molecule has 5 aliphatic rings. The first kappa shape index (κ1) is 38.3. The van der Waals surface area contributed by atoms with Crippen molar-refractivity contribution in [3.8, 4) is 0 Å². The smallest absolute Gasteiger partial charge is 0.309 e. The van der Waals surface area contributed by atoms with E-state index in [1.807, 2.05) is 0 Å². The number of hydrogen-bond donors (Lipinski definition) is 2. The second kappa shape index (κ2) is 13.4. The molecule has 0 aliphatic heterocycles. The first-order chi connectivity index (χ1) is 23.8. The van der Waals surface area contributed by atoms with E-state index < -0.39 is 17.4 Å². The van der Waals surface area contributed by atoms with Gasteiger partial charge in [-0.3, -0.25) is 14.4 Å². The second-order valence-corrected chi connectivity index (χ2v) is 19.9. The van der Waals surface area contributed by atoms with Crippen LogP contribution < -0.4 is 5.32 Å². The molecule has 0 radical (unpaired) electrons. The first-order valence-electron chi connectivity index (χ1n) is 20.3. The van der Waals surface area contributed by atoms with Crippen molar-refractivity contribution in [2.75, 3.05) is 13.1 Å². The van der Waals surface area contributed by atoms with Crippen LogP contribution in [0.15, 0.2) is 41.5 Å². The zero-order valence-electron chi connectivity index (χ0n) is 33.3. The molecule has 51 heavy (non-hydrogen) atoms. The van der Waals surface area contributed by atoms with Crippen LogP contribution in [-0.4, -0.2) is 42.0 Å². The van der Waals surface area contributed by atoms with Gasteiger partial charge in [-0.05, 0) is 142 Å². The van der Waals surface area contributed by atoms with E-state index in [2.05, 4.69) is 84.1 Å². The van der Waals surface area contributed by atoms with Crippen LogP contribution >= 0.6 is 0 Å². The Labute approximate surface area is 308 Å². The third kappa shape index (κ3) is 6.25. The maximum Gasteiger partial charge on any atom is 0.309 e. The summed E-state index contributed by atoms with van der Waals surface area (Å²) in [6.07, 6.45) is 11.2. The van der Waals surface area contributed by atoms with Gasteiger partial charge in [-0.25, -0.2) is 0 Å². The fourth-order valence-corrected chi connectivity index (χ4v) is 13.2. The van der Waals surface area contributed by atoms with Crippen molar-refractivity contribution in [2.24, 2.45) is 56.2 Å². The summed E-state index contributed by atoms with van der Waals surface area (Å²) in [5.41, 5.74) is 3.17. The number of carbonyl (C=O) groups excluding carboxylic acids is 2. The van der Waals surface area contributed by atoms with Crippen LogP contribution in [0.5, 0.6) is 0 Å². The molecule has 0 heterocycles. The van der Waals surface area contributed by atoms with Crippen LogP contribution in [0.25, 0.3) is 0 Å². The Morgan fingerprint density at radius 2 is 1.61 bits per heavy atom. The molecule has 5 aliphatic carbocycles. The fourth-order valence-electron chi connectivity index (χ4n) is 13.2. The van der Waals surface area contributed by atoms with E-state index in [-0.39, 0.29) is 45.5 Å². The molecule has 0 aromatic heterocycles. The zero-order valence-corrected chi connectivity index (χ0v) is 33.3. The van der Waals surface area contributed by atoms with Gasteiger partial charge in [0.2, 0.25) is 0 Å². The van der Waals surface area contributed by atoms with Gasteiger partial charge >= 0.3 is 11.9 Å². The molecule has 0 amide bonds. The minimum absolute atomic E-state index is 0.00988. The molecule has 6 heteroatoms. The number of allylic oxidation sites excluding steroid dienone is 2. The van der Waals surface area contributed by atoms with Crippen LogP contribution in [-0.2, 0) is 25.5 Å². The first-order valence-corrected chi connectivity index (χ1v) is 20.3. The van der Waals surface area contributed by atoms with Gasteiger partial charge in [0.15, 0.2) is 5.78 Å². The van der Waals surface area contributed by atoms with E-state index in [9.17, 15) is 19.5 Å². The number of esters is 1. The van der Waals surface area contributed by atoms with Gasteiger partial charge in [0, 0.05) is 17.3 Å². The molecule has 1 aromatic rings. The second-order valence-electron chi connectivity index (χ2n) is 19.9.